The fourth-order valence-corrected chi connectivity index (χ4v) is 3.08. The summed E-state index contributed by atoms with van der Waals surface area (Å²) < 4.78 is 1.19. The molecule has 3 heteroatoms. The Bertz CT molecular complexity index is 361. The predicted octanol–water partition coefficient (Wildman–Crippen LogP) is 3.59. The maximum absolute atomic E-state index is 3.59. The van der Waals surface area contributed by atoms with E-state index < -0.39 is 0 Å². The number of halogens is 1. The molecule has 1 heterocycles. The van der Waals surface area contributed by atoms with Gasteiger partial charge in [-0.05, 0) is 24.1 Å². The summed E-state index contributed by atoms with van der Waals surface area (Å²) >= 11 is 3.59. The van der Waals surface area contributed by atoms with Crippen LogP contribution in [0.15, 0.2) is 28.7 Å². The third kappa shape index (κ3) is 3.81. The van der Waals surface area contributed by atoms with Gasteiger partial charge in [-0.3, -0.25) is 4.90 Å². The molecule has 0 bridgehead atoms. The molecule has 1 aromatic carbocycles. The van der Waals surface area contributed by atoms with Gasteiger partial charge in [-0.2, -0.15) is 0 Å². The summed E-state index contributed by atoms with van der Waals surface area (Å²) in [6.45, 7) is 6.85. The van der Waals surface area contributed by atoms with Gasteiger partial charge >= 0.3 is 0 Å². The summed E-state index contributed by atoms with van der Waals surface area (Å²) in [5, 5.41) is 3.44. The van der Waals surface area contributed by atoms with Gasteiger partial charge < -0.3 is 5.32 Å². The molecule has 0 amide bonds. The fraction of sp³-hybridized carbons (Fsp3) is 0.600. The van der Waals surface area contributed by atoms with E-state index in [0.29, 0.717) is 6.04 Å². The monoisotopic (exact) mass is 310 g/mol. The molecule has 0 saturated carbocycles. The second-order valence-electron chi connectivity index (χ2n) is 5.00. The molecular weight excluding hydrogens is 288 g/mol. The molecule has 1 fully saturated rings. The van der Waals surface area contributed by atoms with E-state index in [1.54, 1.807) is 0 Å². The van der Waals surface area contributed by atoms with Crippen molar-refractivity contribution >= 4 is 15.9 Å². The van der Waals surface area contributed by atoms with Crippen LogP contribution in [0.2, 0.25) is 0 Å². The Hall–Kier alpha value is -0.380. The van der Waals surface area contributed by atoms with Gasteiger partial charge in [0.1, 0.15) is 0 Å². The maximum atomic E-state index is 3.59. The first kappa shape index (κ1) is 14.0. The molecule has 1 N–H and O–H groups in total. The highest BCUT2D eigenvalue weighted by Crippen LogP contribution is 2.28. The van der Waals surface area contributed by atoms with Gasteiger partial charge in [0.15, 0.2) is 0 Å². The Morgan fingerprint density at radius 2 is 2.11 bits per heavy atom. The van der Waals surface area contributed by atoms with Crippen LogP contribution in [0.4, 0.5) is 0 Å². The normalized spacial score (nSPS) is 18.8. The van der Waals surface area contributed by atoms with Crippen molar-refractivity contribution < 1.29 is 0 Å². The molecule has 1 aliphatic rings. The van der Waals surface area contributed by atoms with Crippen molar-refractivity contribution in [1.82, 2.24) is 10.2 Å². The molecule has 1 aromatic rings. The number of piperazine rings is 1. The lowest BCUT2D eigenvalue weighted by molar-refractivity contribution is 0.163. The molecule has 2 nitrogen and oxygen atoms in total. The van der Waals surface area contributed by atoms with Crippen molar-refractivity contribution in [2.75, 3.05) is 26.2 Å². The van der Waals surface area contributed by atoms with Crippen LogP contribution in [0.5, 0.6) is 0 Å². The molecule has 1 saturated heterocycles. The number of hydrogen-bond acceptors (Lipinski definition) is 2. The topological polar surface area (TPSA) is 15.3 Å². The average molecular weight is 311 g/mol. The Balaban J connectivity index is 2.12. The number of benzene rings is 1. The Labute approximate surface area is 119 Å². The molecule has 18 heavy (non-hydrogen) atoms. The van der Waals surface area contributed by atoms with Crippen molar-refractivity contribution in [3.05, 3.63) is 34.3 Å². The fourth-order valence-electron chi connectivity index (χ4n) is 2.67. The summed E-state index contributed by atoms with van der Waals surface area (Å²) in [6, 6.07) is 9.40. The standard InChI is InChI=1S/C15H23BrN2/c1-2-3-7-15(18-10-8-17-9-11-18)13-5-4-6-14(16)12-13/h4-6,12,15,17H,2-3,7-11H2,1H3. The highest BCUT2D eigenvalue weighted by Gasteiger charge is 2.21. The molecule has 100 valence electrons. The van der Waals surface area contributed by atoms with E-state index in [1.807, 2.05) is 0 Å². The van der Waals surface area contributed by atoms with Gasteiger partial charge in [-0.25, -0.2) is 0 Å². The van der Waals surface area contributed by atoms with E-state index in [2.05, 4.69) is 57.3 Å². The van der Waals surface area contributed by atoms with Crippen molar-refractivity contribution in [3.8, 4) is 0 Å². The first-order valence-corrected chi connectivity index (χ1v) is 7.81. The van der Waals surface area contributed by atoms with Crippen LogP contribution in [0, 0.1) is 0 Å². The molecular formula is C15H23BrN2. The van der Waals surface area contributed by atoms with Crippen LogP contribution in [0.1, 0.15) is 37.8 Å². The van der Waals surface area contributed by atoms with Crippen molar-refractivity contribution in [2.24, 2.45) is 0 Å². The zero-order chi connectivity index (χ0) is 12.8. The van der Waals surface area contributed by atoms with E-state index in [4.69, 9.17) is 0 Å². The average Bonchev–Trinajstić information content (AvgIpc) is 2.40. The molecule has 1 atom stereocenters. The Morgan fingerprint density at radius 1 is 1.33 bits per heavy atom. The van der Waals surface area contributed by atoms with Gasteiger partial charge in [0.05, 0.1) is 0 Å². The molecule has 0 spiro atoms. The molecule has 1 unspecified atom stereocenters. The van der Waals surface area contributed by atoms with E-state index in [-0.39, 0.29) is 0 Å². The molecule has 0 radical (unpaired) electrons. The van der Waals surface area contributed by atoms with Crippen LogP contribution < -0.4 is 5.32 Å². The Kier molecular flexibility index (Phi) is 5.67. The highest BCUT2D eigenvalue weighted by atomic mass is 79.9. The SMILES string of the molecule is CCCCC(c1cccc(Br)c1)N1CCNCC1. The summed E-state index contributed by atoms with van der Waals surface area (Å²) in [5.41, 5.74) is 1.46. The third-order valence-electron chi connectivity index (χ3n) is 3.66. The van der Waals surface area contributed by atoms with Crippen molar-refractivity contribution in [3.63, 3.8) is 0 Å². The zero-order valence-electron chi connectivity index (χ0n) is 11.2. The smallest absolute Gasteiger partial charge is 0.0349 e. The molecule has 2 rings (SSSR count). The number of rotatable bonds is 5. The van der Waals surface area contributed by atoms with Crippen LogP contribution in [-0.4, -0.2) is 31.1 Å². The minimum Gasteiger partial charge on any atom is -0.314 e. The second kappa shape index (κ2) is 7.27. The van der Waals surface area contributed by atoms with Crippen molar-refractivity contribution in [2.45, 2.75) is 32.2 Å². The van der Waals surface area contributed by atoms with Crippen molar-refractivity contribution in [1.29, 1.82) is 0 Å². The van der Waals surface area contributed by atoms with E-state index in [1.165, 1.54) is 42.4 Å². The van der Waals surface area contributed by atoms with E-state index >= 15 is 0 Å². The van der Waals surface area contributed by atoms with Gasteiger partial charge in [-0.1, -0.05) is 47.8 Å². The summed E-state index contributed by atoms with van der Waals surface area (Å²) in [7, 11) is 0. The third-order valence-corrected chi connectivity index (χ3v) is 4.15. The number of hydrogen-bond donors (Lipinski definition) is 1. The van der Waals surface area contributed by atoms with Gasteiger partial charge in [0.2, 0.25) is 0 Å². The van der Waals surface area contributed by atoms with Crippen LogP contribution in [0.3, 0.4) is 0 Å². The molecule has 1 aliphatic heterocycles. The van der Waals surface area contributed by atoms with Crippen LogP contribution in [-0.2, 0) is 0 Å². The molecule has 0 aliphatic carbocycles. The first-order valence-electron chi connectivity index (χ1n) is 7.01. The minimum absolute atomic E-state index is 0.588. The van der Waals surface area contributed by atoms with Gasteiger partial charge in [0.25, 0.3) is 0 Å². The first-order chi connectivity index (χ1) is 8.81. The quantitative estimate of drug-likeness (QED) is 0.894. The summed E-state index contributed by atoms with van der Waals surface area (Å²) in [5.74, 6) is 0. The number of nitrogens with one attached hydrogen (secondary N) is 1. The van der Waals surface area contributed by atoms with Crippen LogP contribution >= 0.6 is 15.9 Å². The van der Waals surface area contributed by atoms with Gasteiger partial charge in [0, 0.05) is 36.7 Å². The Morgan fingerprint density at radius 3 is 2.78 bits per heavy atom. The lowest BCUT2D eigenvalue weighted by Crippen LogP contribution is -2.45. The van der Waals surface area contributed by atoms with Gasteiger partial charge in [-0.15, -0.1) is 0 Å². The largest absolute Gasteiger partial charge is 0.314 e. The van der Waals surface area contributed by atoms with E-state index in [9.17, 15) is 0 Å². The lowest BCUT2D eigenvalue weighted by Gasteiger charge is -2.35. The minimum atomic E-state index is 0.588. The second-order valence-corrected chi connectivity index (χ2v) is 5.91. The summed E-state index contributed by atoms with van der Waals surface area (Å²) in [6.07, 6.45) is 3.85. The zero-order valence-corrected chi connectivity index (χ0v) is 12.7. The van der Waals surface area contributed by atoms with E-state index in [0.717, 1.165) is 13.1 Å². The highest BCUT2D eigenvalue weighted by molar-refractivity contribution is 9.10. The number of nitrogens with zero attached hydrogens (tertiary/aromatic N) is 1. The van der Waals surface area contributed by atoms with Crippen LogP contribution in [0.25, 0.3) is 0 Å². The number of unbranched alkanes of at least 4 members (excludes halogenated alkanes) is 1. The maximum Gasteiger partial charge on any atom is 0.0349 e. The lowest BCUT2D eigenvalue weighted by atomic mass is 9.99. The predicted molar refractivity (Wildman–Crippen MR) is 80.9 cm³/mol. The summed E-state index contributed by atoms with van der Waals surface area (Å²) in [4.78, 5) is 2.63. The molecule has 0 aromatic heterocycles.